The van der Waals surface area contributed by atoms with E-state index < -0.39 is 23.8 Å². The van der Waals surface area contributed by atoms with Gasteiger partial charge in [0.15, 0.2) is 11.5 Å². The summed E-state index contributed by atoms with van der Waals surface area (Å²) in [7, 11) is 8.05. The third kappa shape index (κ3) is 8.32. The highest BCUT2D eigenvalue weighted by molar-refractivity contribution is 5.79. The maximum Gasteiger partial charge on any atom is 0.308 e. The number of carboxylic acid groups (broad SMARTS) is 1. The number of hydrogen-bond donors (Lipinski definition) is 1. The van der Waals surface area contributed by atoms with E-state index in [0.717, 1.165) is 42.3 Å². The van der Waals surface area contributed by atoms with Crippen LogP contribution in [0.15, 0.2) is 41.3 Å². The number of pyridine rings is 1. The van der Waals surface area contributed by atoms with E-state index in [0.29, 0.717) is 49.8 Å². The number of carboxylic acids is 1. The summed E-state index contributed by atoms with van der Waals surface area (Å²) in [4.78, 5) is 43.2. The summed E-state index contributed by atoms with van der Waals surface area (Å²) >= 11 is 0. The standard InChI is InChI=1S/C33H48N4O7/c1-6-7-14-34(16-10-11-18-37(2,3)4)30(39)22-36-21-25(24-19-27(42-5)32-28(20-24)43-23-44-32)31(33(40)41)26(36)13-17-35-15-9-8-12-29(35)38/h8-9,12,15,19-20,25-26,31H,6-7,10-11,13-14,16-18,21-23H2,1-5H3/p+1/t25-,26+,31?/m1/s1. The normalized spacial score (nSPS) is 19.7. The highest BCUT2D eigenvalue weighted by atomic mass is 16.7. The quantitative estimate of drug-likeness (QED) is 0.227. The van der Waals surface area contributed by atoms with Crippen LogP contribution in [0.1, 0.15) is 50.5 Å². The van der Waals surface area contributed by atoms with Crippen molar-refractivity contribution in [1.29, 1.82) is 0 Å². The number of benzene rings is 1. The number of quaternary nitrogens is 1. The number of rotatable bonds is 16. The zero-order chi connectivity index (χ0) is 31.9. The lowest BCUT2D eigenvalue weighted by Gasteiger charge is -2.30. The molecule has 1 saturated heterocycles. The summed E-state index contributed by atoms with van der Waals surface area (Å²) < 4.78 is 19.2. The fourth-order valence-corrected chi connectivity index (χ4v) is 6.34. The van der Waals surface area contributed by atoms with Crippen LogP contribution >= 0.6 is 0 Å². The Hall–Kier alpha value is -3.57. The van der Waals surface area contributed by atoms with Crippen molar-refractivity contribution < 1.29 is 33.4 Å². The molecule has 1 amide bonds. The summed E-state index contributed by atoms with van der Waals surface area (Å²) in [5.41, 5.74) is 0.621. The molecule has 4 rings (SSSR count). The van der Waals surface area contributed by atoms with E-state index in [1.807, 2.05) is 21.9 Å². The molecular formula is C33H49N4O7+. The second kappa shape index (κ2) is 14.9. The van der Waals surface area contributed by atoms with Gasteiger partial charge in [-0.3, -0.25) is 19.3 Å². The van der Waals surface area contributed by atoms with Gasteiger partial charge in [-0.25, -0.2) is 0 Å². The number of fused-ring (bicyclic) bond motifs is 1. The third-order valence-electron chi connectivity index (χ3n) is 8.69. The Kier molecular flexibility index (Phi) is 11.3. The van der Waals surface area contributed by atoms with Crippen LogP contribution in [-0.4, -0.2) is 110 Å². The van der Waals surface area contributed by atoms with Crippen molar-refractivity contribution in [2.45, 2.75) is 57.5 Å². The molecule has 2 aliphatic rings. The van der Waals surface area contributed by atoms with Crippen molar-refractivity contribution in [3.63, 3.8) is 0 Å². The van der Waals surface area contributed by atoms with Crippen LogP contribution in [0.4, 0.5) is 0 Å². The van der Waals surface area contributed by atoms with Gasteiger partial charge in [-0.2, -0.15) is 0 Å². The number of aryl methyl sites for hydroxylation is 1. The van der Waals surface area contributed by atoms with E-state index in [-0.39, 0.29) is 24.8 Å². The molecule has 0 bridgehead atoms. The van der Waals surface area contributed by atoms with Gasteiger partial charge in [0.2, 0.25) is 24.0 Å². The van der Waals surface area contributed by atoms with Gasteiger partial charge in [0.1, 0.15) is 0 Å². The number of hydrogen-bond acceptors (Lipinski definition) is 7. The van der Waals surface area contributed by atoms with Gasteiger partial charge >= 0.3 is 5.97 Å². The molecule has 0 aliphatic carbocycles. The lowest BCUT2D eigenvalue weighted by molar-refractivity contribution is -0.870. The Bertz CT molecular complexity index is 1340. The molecular weight excluding hydrogens is 564 g/mol. The van der Waals surface area contributed by atoms with Crippen molar-refractivity contribution in [1.82, 2.24) is 14.4 Å². The number of nitrogens with zero attached hydrogens (tertiary/aromatic N) is 4. The molecule has 0 saturated carbocycles. The number of carbonyl (C=O) groups excluding carboxylic acids is 1. The van der Waals surface area contributed by atoms with Gasteiger partial charge in [0.25, 0.3) is 0 Å². The number of amides is 1. The van der Waals surface area contributed by atoms with Crippen LogP contribution in [-0.2, 0) is 16.1 Å². The first-order chi connectivity index (χ1) is 21.0. The number of aliphatic carboxylic acids is 1. The molecule has 2 aliphatic heterocycles. The number of aromatic nitrogens is 1. The summed E-state index contributed by atoms with van der Waals surface area (Å²) in [5, 5.41) is 10.6. The minimum atomic E-state index is -0.935. The Morgan fingerprint density at radius 2 is 1.89 bits per heavy atom. The molecule has 1 unspecified atom stereocenters. The lowest BCUT2D eigenvalue weighted by atomic mass is 9.84. The Morgan fingerprint density at radius 3 is 2.57 bits per heavy atom. The van der Waals surface area contributed by atoms with Crippen LogP contribution in [0.3, 0.4) is 0 Å². The SMILES string of the molecule is CCCCN(CCCC[N+](C)(C)C)C(=O)CN1C[C@H](c2cc(OC)c3c(c2)OCO3)C(C(=O)O)[C@@H]1CCn1ccccc1=O. The maximum atomic E-state index is 13.9. The molecule has 11 heteroatoms. The van der Waals surface area contributed by atoms with E-state index in [9.17, 15) is 19.5 Å². The molecule has 11 nitrogen and oxygen atoms in total. The van der Waals surface area contributed by atoms with Crippen LogP contribution in [0.5, 0.6) is 17.2 Å². The first kappa shape index (κ1) is 33.3. The van der Waals surface area contributed by atoms with Crippen LogP contribution < -0.4 is 19.8 Å². The largest absolute Gasteiger partial charge is 0.493 e. The molecule has 1 aromatic carbocycles. The van der Waals surface area contributed by atoms with Crippen molar-refractivity contribution in [3.05, 3.63) is 52.4 Å². The maximum absolute atomic E-state index is 13.9. The molecule has 1 N–H and O–H groups in total. The smallest absolute Gasteiger partial charge is 0.308 e. The van der Waals surface area contributed by atoms with Crippen molar-refractivity contribution in [3.8, 4) is 17.2 Å². The molecule has 3 heterocycles. The molecule has 2 aromatic rings. The van der Waals surface area contributed by atoms with E-state index in [1.54, 1.807) is 30.0 Å². The predicted octanol–water partition coefficient (Wildman–Crippen LogP) is 3.26. The van der Waals surface area contributed by atoms with E-state index in [1.165, 1.54) is 6.07 Å². The van der Waals surface area contributed by atoms with Crippen LogP contribution in [0.25, 0.3) is 0 Å². The zero-order valence-corrected chi connectivity index (χ0v) is 26.9. The van der Waals surface area contributed by atoms with Crippen LogP contribution in [0.2, 0.25) is 0 Å². The highest BCUT2D eigenvalue weighted by Gasteiger charge is 2.47. The molecule has 1 fully saturated rings. The molecule has 0 radical (unpaired) electrons. The Morgan fingerprint density at radius 1 is 1.11 bits per heavy atom. The summed E-state index contributed by atoms with van der Waals surface area (Å²) in [6.45, 7) is 5.43. The molecule has 44 heavy (non-hydrogen) atoms. The average molecular weight is 614 g/mol. The minimum absolute atomic E-state index is 0.0126. The van der Waals surface area contributed by atoms with Crippen LogP contribution in [0, 0.1) is 5.92 Å². The van der Waals surface area contributed by atoms with E-state index in [4.69, 9.17) is 14.2 Å². The van der Waals surface area contributed by atoms with E-state index >= 15 is 0 Å². The van der Waals surface area contributed by atoms with Crippen molar-refractivity contribution in [2.24, 2.45) is 5.92 Å². The summed E-state index contributed by atoms with van der Waals surface area (Å²) in [6, 6.07) is 8.16. The Labute approximate surface area is 260 Å². The second-order valence-electron chi connectivity index (χ2n) is 12.9. The van der Waals surface area contributed by atoms with Gasteiger partial charge in [0.05, 0.1) is 47.3 Å². The fraction of sp³-hybridized carbons (Fsp3) is 0.606. The second-order valence-corrected chi connectivity index (χ2v) is 12.9. The monoisotopic (exact) mass is 613 g/mol. The predicted molar refractivity (Wildman–Crippen MR) is 167 cm³/mol. The number of methoxy groups -OCH3 is 1. The topological polar surface area (TPSA) is 111 Å². The molecule has 1 aromatic heterocycles. The van der Waals surface area contributed by atoms with Crippen molar-refractivity contribution >= 4 is 11.9 Å². The third-order valence-corrected chi connectivity index (χ3v) is 8.69. The van der Waals surface area contributed by atoms with E-state index in [2.05, 4.69) is 28.1 Å². The van der Waals surface area contributed by atoms with Gasteiger partial charge in [-0.05, 0) is 49.4 Å². The first-order valence-corrected chi connectivity index (χ1v) is 15.7. The molecule has 0 spiro atoms. The minimum Gasteiger partial charge on any atom is -0.493 e. The highest BCUT2D eigenvalue weighted by Crippen LogP contribution is 2.47. The number of unbranched alkanes of at least 4 members (excludes halogenated alkanes) is 2. The van der Waals surface area contributed by atoms with Gasteiger partial charge in [-0.15, -0.1) is 0 Å². The molecule has 3 atom stereocenters. The zero-order valence-electron chi connectivity index (χ0n) is 26.9. The van der Waals surface area contributed by atoms with Gasteiger partial charge in [0, 0.05) is 50.4 Å². The first-order valence-electron chi connectivity index (χ1n) is 15.7. The Balaban J connectivity index is 1.60. The molecule has 242 valence electrons. The lowest BCUT2D eigenvalue weighted by Crippen LogP contribution is -2.45. The summed E-state index contributed by atoms with van der Waals surface area (Å²) in [6.07, 6.45) is 5.96. The number of likely N-dealkylation sites (tertiary alicyclic amines) is 1. The van der Waals surface area contributed by atoms with Gasteiger partial charge in [-0.1, -0.05) is 19.4 Å². The average Bonchev–Trinajstić information content (AvgIpc) is 3.60. The van der Waals surface area contributed by atoms with Gasteiger partial charge < -0.3 is 33.3 Å². The number of ether oxygens (including phenoxy) is 3. The number of carbonyl (C=O) groups is 2. The van der Waals surface area contributed by atoms with Crippen molar-refractivity contribution in [2.75, 3.05) is 67.8 Å². The fourth-order valence-electron chi connectivity index (χ4n) is 6.34. The summed E-state index contributed by atoms with van der Waals surface area (Å²) in [5.74, 6) is -0.639.